The topological polar surface area (TPSA) is 64.2 Å². The van der Waals surface area contributed by atoms with Gasteiger partial charge in [0.15, 0.2) is 0 Å². The van der Waals surface area contributed by atoms with E-state index in [2.05, 4.69) is 18.9 Å². The quantitative estimate of drug-likeness (QED) is 0.890. The van der Waals surface area contributed by atoms with Crippen molar-refractivity contribution < 1.29 is 4.79 Å². The summed E-state index contributed by atoms with van der Waals surface area (Å²) in [6.45, 7) is 10.7. The number of nitrogen functional groups attached to an aromatic ring is 1. The Balaban J connectivity index is 3.11. The van der Waals surface area contributed by atoms with Crippen molar-refractivity contribution in [3.63, 3.8) is 0 Å². The number of nitrogens with two attached hydrogens (primary N) is 1. The molecule has 1 atom stereocenters. The Kier molecular flexibility index (Phi) is 4.38. The van der Waals surface area contributed by atoms with Gasteiger partial charge in [0, 0.05) is 19.6 Å². The predicted molar refractivity (Wildman–Crippen MR) is 73.4 cm³/mol. The molecule has 0 aliphatic carbocycles. The van der Waals surface area contributed by atoms with Crippen LogP contribution in [0.3, 0.4) is 0 Å². The molecule has 102 valence electrons. The van der Waals surface area contributed by atoms with E-state index in [1.807, 2.05) is 27.8 Å². The first-order valence-electron chi connectivity index (χ1n) is 6.41. The first-order valence-corrected chi connectivity index (χ1v) is 6.41. The van der Waals surface area contributed by atoms with Crippen molar-refractivity contribution in [1.82, 2.24) is 14.7 Å². The molecule has 1 amide bonds. The van der Waals surface area contributed by atoms with Gasteiger partial charge in [0.05, 0.1) is 11.4 Å². The Bertz CT molecular complexity index is 436. The summed E-state index contributed by atoms with van der Waals surface area (Å²) in [5.41, 5.74) is 7.67. The van der Waals surface area contributed by atoms with E-state index in [9.17, 15) is 4.79 Å². The highest BCUT2D eigenvalue weighted by Crippen LogP contribution is 2.20. The summed E-state index contributed by atoms with van der Waals surface area (Å²) in [6.07, 6.45) is 0. The molecular weight excluding hydrogens is 228 g/mol. The minimum Gasteiger partial charge on any atom is -0.395 e. The van der Waals surface area contributed by atoms with E-state index in [1.165, 1.54) is 0 Å². The molecule has 5 nitrogen and oxygen atoms in total. The van der Waals surface area contributed by atoms with Crippen molar-refractivity contribution in [3.8, 4) is 0 Å². The average Bonchev–Trinajstić information content (AvgIpc) is 2.62. The van der Waals surface area contributed by atoms with Crippen molar-refractivity contribution in [3.05, 3.63) is 11.4 Å². The van der Waals surface area contributed by atoms with Crippen LogP contribution in [0.4, 0.5) is 5.69 Å². The van der Waals surface area contributed by atoms with Gasteiger partial charge in [-0.1, -0.05) is 13.8 Å². The van der Waals surface area contributed by atoms with Gasteiger partial charge < -0.3 is 10.6 Å². The van der Waals surface area contributed by atoms with Crippen molar-refractivity contribution in [2.24, 2.45) is 5.92 Å². The zero-order valence-corrected chi connectivity index (χ0v) is 12.2. The fourth-order valence-corrected chi connectivity index (χ4v) is 1.85. The molecule has 1 unspecified atom stereocenters. The largest absolute Gasteiger partial charge is 0.395 e. The standard InChI is InChI=1S/C13H24N4O/c1-7-17-12(11(14)9(4)15-17)13(18)16(6)10(5)8(2)3/h8,10H,7,14H2,1-6H3. The molecule has 1 rings (SSSR count). The highest BCUT2D eigenvalue weighted by Gasteiger charge is 2.26. The maximum absolute atomic E-state index is 12.5. The molecule has 1 aromatic rings. The number of carbonyl (C=O) groups excluding carboxylic acids is 1. The first kappa shape index (κ1) is 14.5. The van der Waals surface area contributed by atoms with E-state index in [-0.39, 0.29) is 11.9 Å². The lowest BCUT2D eigenvalue weighted by Gasteiger charge is -2.28. The van der Waals surface area contributed by atoms with E-state index in [4.69, 9.17) is 5.73 Å². The fraction of sp³-hybridized carbons (Fsp3) is 0.692. The van der Waals surface area contributed by atoms with Crippen LogP contribution < -0.4 is 5.73 Å². The van der Waals surface area contributed by atoms with E-state index in [0.29, 0.717) is 29.5 Å². The Hall–Kier alpha value is -1.52. The summed E-state index contributed by atoms with van der Waals surface area (Å²) in [7, 11) is 1.81. The number of aromatic nitrogens is 2. The van der Waals surface area contributed by atoms with Crippen molar-refractivity contribution in [1.29, 1.82) is 0 Å². The Morgan fingerprint density at radius 2 is 2.00 bits per heavy atom. The van der Waals surface area contributed by atoms with Crippen LogP contribution in [0.5, 0.6) is 0 Å². The third-order valence-corrected chi connectivity index (χ3v) is 3.57. The molecule has 0 spiro atoms. The van der Waals surface area contributed by atoms with Gasteiger partial charge in [-0.3, -0.25) is 9.48 Å². The zero-order chi connectivity index (χ0) is 14.0. The summed E-state index contributed by atoms with van der Waals surface area (Å²) in [4.78, 5) is 14.2. The van der Waals surface area contributed by atoms with Crippen LogP contribution in [0.2, 0.25) is 0 Å². The molecule has 1 aromatic heterocycles. The Labute approximate surface area is 109 Å². The molecule has 0 radical (unpaired) electrons. The van der Waals surface area contributed by atoms with Gasteiger partial charge in [-0.15, -0.1) is 0 Å². The van der Waals surface area contributed by atoms with Crippen LogP contribution in [-0.4, -0.2) is 33.7 Å². The number of hydrogen-bond acceptors (Lipinski definition) is 3. The van der Waals surface area contributed by atoms with Gasteiger partial charge in [0.2, 0.25) is 0 Å². The van der Waals surface area contributed by atoms with Gasteiger partial charge >= 0.3 is 0 Å². The highest BCUT2D eigenvalue weighted by molar-refractivity contribution is 5.98. The predicted octanol–water partition coefficient (Wildman–Crippen LogP) is 1.91. The smallest absolute Gasteiger partial charge is 0.274 e. The number of carbonyl (C=O) groups is 1. The lowest BCUT2D eigenvalue weighted by molar-refractivity contribution is 0.0695. The van der Waals surface area contributed by atoms with Crippen molar-refractivity contribution in [2.75, 3.05) is 12.8 Å². The van der Waals surface area contributed by atoms with Crippen LogP contribution in [0.25, 0.3) is 0 Å². The SMILES string of the molecule is CCn1nc(C)c(N)c1C(=O)N(C)C(C)C(C)C. The van der Waals surface area contributed by atoms with Gasteiger partial charge in [0.1, 0.15) is 5.69 Å². The van der Waals surface area contributed by atoms with Gasteiger partial charge in [-0.05, 0) is 26.7 Å². The van der Waals surface area contributed by atoms with Crippen molar-refractivity contribution in [2.45, 2.75) is 47.2 Å². The summed E-state index contributed by atoms with van der Waals surface area (Å²) >= 11 is 0. The number of amides is 1. The fourth-order valence-electron chi connectivity index (χ4n) is 1.85. The second-order valence-corrected chi connectivity index (χ2v) is 5.06. The lowest BCUT2D eigenvalue weighted by Crippen LogP contribution is -2.39. The summed E-state index contributed by atoms with van der Waals surface area (Å²) in [6, 6.07) is 0.164. The molecule has 0 saturated carbocycles. The summed E-state index contributed by atoms with van der Waals surface area (Å²) in [5, 5.41) is 4.28. The summed E-state index contributed by atoms with van der Waals surface area (Å²) in [5.74, 6) is 0.343. The number of hydrogen-bond donors (Lipinski definition) is 1. The first-order chi connectivity index (χ1) is 8.31. The molecule has 0 saturated heterocycles. The minimum absolute atomic E-state index is 0.0591. The number of nitrogens with zero attached hydrogens (tertiary/aromatic N) is 3. The van der Waals surface area contributed by atoms with Gasteiger partial charge in [-0.25, -0.2) is 0 Å². The van der Waals surface area contributed by atoms with Crippen LogP contribution in [0, 0.1) is 12.8 Å². The number of rotatable bonds is 4. The lowest BCUT2D eigenvalue weighted by atomic mass is 10.0. The average molecular weight is 252 g/mol. The van der Waals surface area contributed by atoms with E-state index in [0.717, 1.165) is 0 Å². The molecule has 0 fully saturated rings. The van der Waals surface area contributed by atoms with E-state index in [1.54, 1.807) is 9.58 Å². The summed E-state index contributed by atoms with van der Waals surface area (Å²) < 4.78 is 1.68. The van der Waals surface area contributed by atoms with Crippen LogP contribution in [-0.2, 0) is 6.54 Å². The molecule has 2 N–H and O–H groups in total. The van der Waals surface area contributed by atoms with E-state index >= 15 is 0 Å². The molecule has 18 heavy (non-hydrogen) atoms. The molecule has 0 bridgehead atoms. The zero-order valence-electron chi connectivity index (χ0n) is 12.2. The normalized spacial score (nSPS) is 12.8. The van der Waals surface area contributed by atoms with Crippen molar-refractivity contribution >= 4 is 11.6 Å². The second kappa shape index (κ2) is 5.42. The monoisotopic (exact) mass is 252 g/mol. The molecule has 1 heterocycles. The highest BCUT2D eigenvalue weighted by atomic mass is 16.2. The van der Waals surface area contributed by atoms with E-state index < -0.39 is 0 Å². The van der Waals surface area contributed by atoms with Gasteiger partial charge in [0.25, 0.3) is 5.91 Å². The number of aryl methyl sites for hydroxylation is 2. The molecule has 0 aliphatic rings. The Morgan fingerprint density at radius 1 is 1.44 bits per heavy atom. The minimum atomic E-state index is -0.0591. The molecule has 5 heteroatoms. The third-order valence-electron chi connectivity index (χ3n) is 3.57. The third kappa shape index (κ3) is 2.49. The van der Waals surface area contributed by atoms with Crippen LogP contribution >= 0.6 is 0 Å². The molecule has 0 aliphatic heterocycles. The maximum atomic E-state index is 12.5. The van der Waals surface area contributed by atoms with Crippen LogP contribution in [0.15, 0.2) is 0 Å². The maximum Gasteiger partial charge on any atom is 0.274 e. The molecular formula is C13H24N4O. The van der Waals surface area contributed by atoms with Gasteiger partial charge in [-0.2, -0.15) is 5.10 Å². The Morgan fingerprint density at radius 3 is 2.44 bits per heavy atom. The second-order valence-electron chi connectivity index (χ2n) is 5.06. The van der Waals surface area contributed by atoms with Crippen LogP contribution in [0.1, 0.15) is 43.9 Å². The molecule has 0 aromatic carbocycles. The number of anilines is 1.